The van der Waals surface area contributed by atoms with Crippen molar-refractivity contribution in [3.63, 3.8) is 0 Å². The van der Waals surface area contributed by atoms with E-state index in [2.05, 4.69) is 57.3 Å². The van der Waals surface area contributed by atoms with Crippen LogP contribution in [0.5, 0.6) is 0 Å². The third kappa shape index (κ3) is 9.18. The van der Waals surface area contributed by atoms with Gasteiger partial charge in [-0.2, -0.15) is 0 Å². The van der Waals surface area contributed by atoms with E-state index in [1.807, 2.05) is 0 Å². The fraction of sp³-hybridized carbons (Fsp3) is 0.941. The van der Waals surface area contributed by atoms with Crippen molar-refractivity contribution in [2.45, 2.75) is 65.5 Å². The monoisotopic (exact) mass is 424 g/mol. The highest BCUT2D eigenvalue weighted by atomic mass is 127. The highest BCUT2D eigenvalue weighted by Gasteiger charge is 2.32. The summed E-state index contributed by atoms with van der Waals surface area (Å²) in [6.07, 6.45) is 5.19. The fourth-order valence-corrected chi connectivity index (χ4v) is 2.61. The average molecular weight is 424 g/mol. The summed E-state index contributed by atoms with van der Waals surface area (Å²) < 4.78 is 0. The Balaban J connectivity index is 0.00000441. The largest absolute Gasteiger partial charge is 0.357 e. The molecule has 0 aromatic heterocycles. The maximum absolute atomic E-state index is 4.82. The molecule has 1 saturated carbocycles. The van der Waals surface area contributed by atoms with Gasteiger partial charge in [-0.3, -0.25) is 4.99 Å². The van der Waals surface area contributed by atoms with Gasteiger partial charge in [0.2, 0.25) is 0 Å². The SMILES string of the molecule is CCNC(=NCC(C1CC1)N(C)C)NC(C)CCC(C)C.I. The van der Waals surface area contributed by atoms with Crippen LogP contribution < -0.4 is 10.6 Å². The van der Waals surface area contributed by atoms with E-state index in [4.69, 9.17) is 4.99 Å². The molecule has 1 rings (SSSR count). The number of rotatable bonds is 9. The van der Waals surface area contributed by atoms with Gasteiger partial charge in [0.15, 0.2) is 5.96 Å². The second-order valence-electron chi connectivity index (χ2n) is 7.10. The van der Waals surface area contributed by atoms with Crippen LogP contribution in [0.1, 0.15) is 53.4 Å². The van der Waals surface area contributed by atoms with Gasteiger partial charge in [-0.15, -0.1) is 24.0 Å². The molecule has 1 fully saturated rings. The quantitative estimate of drug-likeness (QED) is 0.339. The maximum atomic E-state index is 4.82. The molecule has 5 heteroatoms. The number of nitrogens with one attached hydrogen (secondary N) is 2. The normalized spacial score (nSPS) is 18.1. The van der Waals surface area contributed by atoms with E-state index in [1.54, 1.807) is 0 Å². The van der Waals surface area contributed by atoms with Crippen LogP contribution in [0.25, 0.3) is 0 Å². The summed E-state index contributed by atoms with van der Waals surface area (Å²) >= 11 is 0. The predicted molar refractivity (Wildman–Crippen MR) is 108 cm³/mol. The Morgan fingerprint density at radius 2 is 1.82 bits per heavy atom. The summed E-state index contributed by atoms with van der Waals surface area (Å²) in [6.45, 7) is 10.7. The Morgan fingerprint density at radius 3 is 2.27 bits per heavy atom. The predicted octanol–water partition coefficient (Wildman–Crippen LogP) is 3.32. The Bertz CT molecular complexity index is 312. The zero-order chi connectivity index (χ0) is 15.8. The van der Waals surface area contributed by atoms with Gasteiger partial charge >= 0.3 is 0 Å². The van der Waals surface area contributed by atoms with Crippen LogP contribution in [-0.4, -0.2) is 50.1 Å². The molecule has 1 aliphatic rings. The average Bonchev–Trinajstić information content (AvgIpc) is 3.21. The molecule has 0 saturated heterocycles. The molecule has 1 aliphatic carbocycles. The molecular weight excluding hydrogens is 387 g/mol. The van der Waals surface area contributed by atoms with E-state index in [0.29, 0.717) is 12.1 Å². The van der Waals surface area contributed by atoms with Crippen molar-refractivity contribution in [1.29, 1.82) is 0 Å². The number of nitrogens with zero attached hydrogens (tertiary/aromatic N) is 2. The van der Waals surface area contributed by atoms with Gasteiger partial charge in [0.25, 0.3) is 0 Å². The van der Waals surface area contributed by atoms with Crippen molar-refractivity contribution in [1.82, 2.24) is 15.5 Å². The Morgan fingerprint density at radius 1 is 1.18 bits per heavy atom. The zero-order valence-electron chi connectivity index (χ0n) is 15.4. The molecule has 0 radical (unpaired) electrons. The van der Waals surface area contributed by atoms with Crippen molar-refractivity contribution in [3.8, 4) is 0 Å². The number of likely N-dealkylation sites (N-methyl/N-ethyl adjacent to an activating group) is 1. The van der Waals surface area contributed by atoms with Crippen molar-refractivity contribution < 1.29 is 0 Å². The molecule has 0 spiro atoms. The minimum Gasteiger partial charge on any atom is -0.357 e. The van der Waals surface area contributed by atoms with E-state index in [1.165, 1.54) is 25.7 Å². The lowest BCUT2D eigenvalue weighted by Crippen LogP contribution is -2.43. The second kappa shape index (κ2) is 11.5. The lowest BCUT2D eigenvalue weighted by Gasteiger charge is -2.24. The minimum atomic E-state index is 0. The lowest BCUT2D eigenvalue weighted by atomic mass is 10.0. The summed E-state index contributed by atoms with van der Waals surface area (Å²) in [5.41, 5.74) is 0. The van der Waals surface area contributed by atoms with Crippen LogP contribution in [0, 0.1) is 11.8 Å². The number of hydrogen-bond acceptors (Lipinski definition) is 2. The molecule has 2 atom stereocenters. The van der Waals surface area contributed by atoms with Crippen molar-refractivity contribution in [2.75, 3.05) is 27.2 Å². The first kappa shape index (κ1) is 22.0. The molecule has 2 unspecified atom stereocenters. The van der Waals surface area contributed by atoms with E-state index < -0.39 is 0 Å². The number of guanidine groups is 1. The van der Waals surface area contributed by atoms with Gasteiger partial charge in [-0.25, -0.2) is 0 Å². The molecule has 0 bridgehead atoms. The van der Waals surface area contributed by atoms with E-state index in [9.17, 15) is 0 Å². The number of halogens is 1. The van der Waals surface area contributed by atoms with Crippen molar-refractivity contribution >= 4 is 29.9 Å². The summed E-state index contributed by atoms with van der Waals surface area (Å²) in [5, 5.41) is 6.92. The minimum absolute atomic E-state index is 0. The molecule has 0 aromatic carbocycles. The van der Waals surface area contributed by atoms with Crippen LogP contribution in [-0.2, 0) is 0 Å². The molecule has 0 aliphatic heterocycles. The molecule has 2 N–H and O–H groups in total. The maximum Gasteiger partial charge on any atom is 0.191 e. The molecule has 0 amide bonds. The summed E-state index contributed by atoms with van der Waals surface area (Å²) in [4.78, 5) is 7.14. The van der Waals surface area contributed by atoms with Crippen LogP contribution >= 0.6 is 24.0 Å². The highest BCUT2D eigenvalue weighted by molar-refractivity contribution is 14.0. The zero-order valence-corrected chi connectivity index (χ0v) is 17.7. The van der Waals surface area contributed by atoms with Crippen molar-refractivity contribution in [2.24, 2.45) is 16.8 Å². The van der Waals surface area contributed by atoms with Crippen LogP contribution in [0.4, 0.5) is 0 Å². The third-order valence-electron chi connectivity index (χ3n) is 4.17. The Kier molecular flexibility index (Phi) is 11.5. The lowest BCUT2D eigenvalue weighted by molar-refractivity contribution is 0.271. The first-order chi connectivity index (χ1) is 9.93. The van der Waals surface area contributed by atoms with E-state index >= 15 is 0 Å². The molecule has 22 heavy (non-hydrogen) atoms. The van der Waals surface area contributed by atoms with Gasteiger partial charge in [-0.1, -0.05) is 13.8 Å². The third-order valence-corrected chi connectivity index (χ3v) is 4.17. The first-order valence-electron chi connectivity index (χ1n) is 8.65. The van der Waals surface area contributed by atoms with Gasteiger partial charge in [0.1, 0.15) is 0 Å². The van der Waals surface area contributed by atoms with E-state index in [-0.39, 0.29) is 24.0 Å². The van der Waals surface area contributed by atoms with Crippen LogP contribution in [0.15, 0.2) is 4.99 Å². The Labute approximate surface area is 154 Å². The topological polar surface area (TPSA) is 39.7 Å². The molecule has 132 valence electrons. The smallest absolute Gasteiger partial charge is 0.191 e. The molecular formula is C17H37IN4. The first-order valence-corrected chi connectivity index (χ1v) is 8.65. The van der Waals surface area contributed by atoms with Crippen molar-refractivity contribution in [3.05, 3.63) is 0 Å². The van der Waals surface area contributed by atoms with Gasteiger partial charge in [0.05, 0.1) is 6.54 Å². The van der Waals surface area contributed by atoms with Crippen LogP contribution in [0.3, 0.4) is 0 Å². The van der Waals surface area contributed by atoms with Gasteiger partial charge in [0, 0.05) is 18.6 Å². The van der Waals surface area contributed by atoms with E-state index in [0.717, 1.165) is 30.9 Å². The van der Waals surface area contributed by atoms with Gasteiger partial charge in [-0.05, 0) is 65.5 Å². The fourth-order valence-electron chi connectivity index (χ4n) is 2.61. The standard InChI is InChI=1S/C17H36N4.HI/c1-7-18-17(20-14(4)9-8-13(2)3)19-12-16(21(5)6)15-10-11-15;/h13-16H,7-12H2,1-6H3,(H2,18,19,20);1H. The highest BCUT2D eigenvalue weighted by Crippen LogP contribution is 2.34. The van der Waals surface area contributed by atoms with Gasteiger partial charge < -0.3 is 15.5 Å². The Hall–Kier alpha value is -0.0400. The van der Waals surface area contributed by atoms with Crippen LogP contribution in [0.2, 0.25) is 0 Å². The molecule has 0 heterocycles. The summed E-state index contributed by atoms with van der Waals surface area (Å²) in [7, 11) is 4.34. The number of aliphatic imine (C=N–C) groups is 1. The summed E-state index contributed by atoms with van der Waals surface area (Å²) in [6, 6.07) is 1.07. The summed E-state index contributed by atoms with van der Waals surface area (Å²) in [5.74, 6) is 2.59. The molecule has 0 aromatic rings. The molecule has 4 nitrogen and oxygen atoms in total. The number of hydrogen-bond donors (Lipinski definition) is 2. The second-order valence-corrected chi connectivity index (χ2v) is 7.10.